The lowest BCUT2D eigenvalue weighted by Gasteiger charge is -2.40. The number of ether oxygens (including phenoxy) is 2. The number of alkyl halides is 2. The van der Waals surface area contributed by atoms with Crippen molar-refractivity contribution >= 4 is 35.2 Å². The lowest BCUT2D eigenvalue weighted by molar-refractivity contribution is -0.117. The van der Waals surface area contributed by atoms with Crippen molar-refractivity contribution in [1.82, 2.24) is 0 Å². The number of anilines is 2. The summed E-state index contributed by atoms with van der Waals surface area (Å²) in [4.78, 5) is 32.5. The van der Waals surface area contributed by atoms with Crippen molar-refractivity contribution in [2.75, 3.05) is 36.2 Å². The molecule has 10 heteroatoms. The second-order valence-electron chi connectivity index (χ2n) is 8.38. The van der Waals surface area contributed by atoms with Crippen LogP contribution in [0.2, 0.25) is 0 Å². The Balaban J connectivity index is 1.62. The van der Waals surface area contributed by atoms with Gasteiger partial charge in [0, 0.05) is 37.9 Å². The molecule has 4 rings (SSSR count). The molecule has 172 valence electrons. The molecular formula is C22H26F2N4O4. The lowest BCUT2D eigenvalue weighted by Crippen LogP contribution is -2.51. The molecule has 2 fully saturated rings. The molecule has 1 aromatic carbocycles. The third-order valence-corrected chi connectivity index (χ3v) is 5.89. The summed E-state index contributed by atoms with van der Waals surface area (Å²) in [7, 11) is 0. The van der Waals surface area contributed by atoms with E-state index in [1.807, 2.05) is 6.92 Å². The van der Waals surface area contributed by atoms with Crippen molar-refractivity contribution in [3.8, 4) is 0 Å². The Morgan fingerprint density at radius 1 is 1.34 bits per heavy atom. The van der Waals surface area contributed by atoms with Gasteiger partial charge in [-0.15, -0.1) is 0 Å². The van der Waals surface area contributed by atoms with Crippen LogP contribution in [0.25, 0.3) is 5.57 Å². The Labute approximate surface area is 184 Å². The van der Waals surface area contributed by atoms with Crippen LogP contribution in [0.4, 0.5) is 25.0 Å². The predicted molar refractivity (Wildman–Crippen MR) is 116 cm³/mol. The summed E-state index contributed by atoms with van der Waals surface area (Å²) in [6.45, 7) is 4.21. The smallest absolute Gasteiger partial charge is 0.414 e. The molecule has 1 aliphatic carbocycles. The molecule has 3 aliphatic rings. The number of rotatable bonds is 5. The summed E-state index contributed by atoms with van der Waals surface area (Å²) in [5, 5.41) is 0. The maximum Gasteiger partial charge on any atom is 0.414 e. The van der Waals surface area contributed by atoms with E-state index in [-0.39, 0.29) is 37.6 Å². The zero-order valence-corrected chi connectivity index (χ0v) is 18.0. The van der Waals surface area contributed by atoms with Gasteiger partial charge >= 0.3 is 6.09 Å². The Kier molecular flexibility index (Phi) is 5.89. The van der Waals surface area contributed by atoms with Crippen LogP contribution in [-0.2, 0) is 14.3 Å². The summed E-state index contributed by atoms with van der Waals surface area (Å²) in [6, 6.07) is 5.03. The van der Waals surface area contributed by atoms with E-state index in [0.29, 0.717) is 35.7 Å². The Morgan fingerprint density at radius 3 is 2.62 bits per heavy atom. The molecule has 1 unspecified atom stereocenters. The molecule has 0 bridgehead atoms. The summed E-state index contributed by atoms with van der Waals surface area (Å²) in [5.74, 6) is -3.87. The highest BCUT2D eigenvalue weighted by Gasteiger charge is 2.57. The maximum atomic E-state index is 13.2. The van der Waals surface area contributed by atoms with E-state index in [0.717, 1.165) is 0 Å². The number of hydrogen-bond acceptors (Lipinski definition) is 6. The molecule has 0 spiro atoms. The molecule has 32 heavy (non-hydrogen) atoms. The summed E-state index contributed by atoms with van der Waals surface area (Å²) >= 11 is 0. The zero-order chi connectivity index (χ0) is 23.0. The minimum Gasteiger partial charge on any atom is -0.449 e. The molecule has 2 atom stereocenters. The van der Waals surface area contributed by atoms with Crippen LogP contribution in [0.3, 0.4) is 0 Å². The fraction of sp³-hybridized carbons (Fsp3) is 0.500. The first-order valence-corrected chi connectivity index (χ1v) is 10.5. The minimum absolute atomic E-state index is 0.0867. The van der Waals surface area contributed by atoms with Gasteiger partial charge in [0.25, 0.3) is 5.92 Å². The van der Waals surface area contributed by atoms with E-state index in [2.05, 4.69) is 4.99 Å². The summed E-state index contributed by atoms with van der Waals surface area (Å²) in [6.07, 6.45) is 2.07. The van der Waals surface area contributed by atoms with E-state index in [1.165, 1.54) is 18.0 Å². The average Bonchev–Trinajstić information content (AvgIpc) is 3.33. The first-order chi connectivity index (χ1) is 15.2. The van der Waals surface area contributed by atoms with Gasteiger partial charge in [0.1, 0.15) is 6.61 Å². The topological polar surface area (TPSA) is 97.5 Å². The van der Waals surface area contributed by atoms with E-state index in [9.17, 15) is 18.4 Å². The van der Waals surface area contributed by atoms with E-state index in [4.69, 9.17) is 15.2 Å². The first kappa shape index (κ1) is 22.2. The molecular weight excluding hydrogens is 422 g/mol. The normalized spacial score (nSPS) is 24.8. The fourth-order valence-electron chi connectivity index (χ4n) is 3.87. The van der Waals surface area contributed by atoms with E-state index < -0.39 is 17.9 Å². The van der Waals surface area contributed by atoms with Crippen LogP contribution in [0, 0.1) is 5.92 Å². The van der Waals surface area contributed by atoms with Gasteiger partial charge in [-0.05, 0) is 24.6 Å². The van der Waals surface area contributed by atoms with E-state index >= 15 is 0 Å². The van der Waals surface area contributed by atoms with Gasteiger partial charge in [-0.3, -0.25) is 14.7 Å². The first-order valence-electron chi connectivity index (χ1n) is 10.5. The number of halogens is 2. The highest BCUT2D eigenvalue weighted by molar-refractivity contribution is 6.11. The summed E-state index contributed by atoms with van der Waals surface area (Å²) < 4.78 is 36.7. The highest BCUT2D eigenvalue weighted by atomic mass is 19.3. The van der Waals surface area contributed by atoms with Crippen LogP contribution in [0.1, 0.15) is 25.8 Å². The Morgan fingerprint density at radius 2 is 2.06 bits per heavy atom. The minimum atomic E-state index is -2.77. The second kappa shape index (κ2) is 8.50. The number of nitrogens with zero attached hydrogens (tertiary/aromatic N) is 3. The summed E-state index contributed by atoms with van der Waals surface area (Å²) in [5.41, 5.74) is 8.12. The third kappa shape index (κ3) is 4.32. The predicted octanol–water partition coefficient (Wildman–Crippen LogP) is 2.81. The van der Waals surface area contributed by atoms with Crippen molar-refractivity contribution in [1.29, 1.82) is 0 Å². The molecule has 1 saturated carbocycles. The van der Waals surface area contributed by atoms with Crippen molar-refractivity contribution in [2.24, 2.45) is 16.6 Å². The van der Waals surface area contributed by atoms with Crippen LogP contribution < -0.4 is 15.5 Å². The number of amides is 2. The van der Waals surface area contributed by atoms with Crippen LogP contribution >= 0.6 is 0 Å². The highest BCUT2D eigenvalue weighted by Crippen LogP contribution is 2.48. The van der Waals surface area contributed by atoms with Crippen LogP contribution in [0.15, 0.2) is 29.4 Å². The van der Waals surface area contributed by atoms with Gasteiger partial charge < -0.3 is 20.1 Å². The number of nitrogens with two attached hydrogens (primary N) is 1. The molecule has 2 amide bonds. The Hall–Kier alpha value is -3.01. The molecule has 2 heterocycles. The van der Waals surface area contributed by atoms with E-state index in [1.54, 1.807) is 29.3 Å². The van der Waals surface area contributed by atoms with Gasteiger partial charge in [-0.25, -0.2) is 13.6 Å². The maximum absolute atomic E-state index is 13.2. The standard InChI is InChI=1S/C22H26F2N4O4/c1-13-9-27(21(30)32-10-17-6-22(17,23)24)20-5-15(3-4-19(20)28(13)14(2)29)16(7-25)8-26-18-11-31-12-18/h3-5,7-8,13,17-18H,6,9-12,25H2,1-2H3/b16-7+,26-8?/t13-,17?/m0/s1. The number of carbonyl (C=O) groups excluding carboxylic acids is 2. The zero-order valence-electron chi connectivity index (χ0n) is 18.0. The molecule has 2 N–H and O–H groups in total. The molecule has 0 radical (unpaired) electrons. The van der Waals surface area contributed by atoms with Crippen LogP contribution in [-0.4, -0.2) is 62.6 Å². The number of benzene rings is 1. The monoisotopic (exact) mass is 448 g/mol. The molecule has 1 aromatic rings. The number of hydrogen-bond donors (Lipinski definition) is 1. The fourth-order valence-corrected chi connectivity index (χ4v) is 3.87. The van der Waals surface area contributed by atoms with Gasteiger partial charge in [0.15, 0.2) is 0 Å². The van der Waals surface area contributed by atoms with Gasteiger partial charge in [-0.1, -0.05) is 6.07 Å². The number of aliphatic imine (C=N–C) groups is 1. The third-order valence-electron chi connectivity index (χ3n) is 5.89. The van der Waals surface area contributed by atoms with Crippen molar-refractivity contribution < 1.29 is 27.8 Å². The SMILES string of the molecule is CC(=O)N1c2ccc(/C(C=NC3COC3)=C/N)cc2N(C(=O)OCC2CC2(F)F)C[C@@H]1C. The quantitative estimate of drug-likeness (QED) is 0.699. The lowest BCUT2D eigenvalue weighted by atomic mass is 10.0. The van der Waals surface area contributed by atoms with Gasteiger partial charge in [0.2, 0.25) is 5.91 Å². The Bertz CT molecular complexity index is 977. The number of allylic oxidation sites excluding steroid dienone is 1. The number of carbonyl (C=O) groups is 2. The van der Waals surface area contributed by atoms with Crippen LogP contribution in [0.5, 0.6) is 0 Å². The second-order valence-corrected chi connectivity index (χ2v) is 8.38. The average molecular weight is 448 g/mol. The largest absolute Gasteiger partial charge is 0.449 e. The molecule has 1 saturated heterocycles. The molecule has 0 aromatic heterocycles. The van der Waals surface area contributed by atoms with Crippen molar-refractivity contribution in [2.45, 2.75) is 38.3 Å². The van der Waals surface area contributed by atoms with Crippen molar-refractivity contribution in [3.63, 3.8) is 0 Å². The van der Waals surface area contributed by atoms with Gasteiger partial charge in [-0.2, -0.15) is 0 Å². The molecule has 8 nitrogen and oxygen atoms in total. The van der Waals surface area contributed by atoms with Gasteiger partial charge in [0.05, 0.1) is 42.6 Å². The van der Waals surface area contributed by atoms with Crippen molar-refractivity contribution in [3.05, 3.63) is 30.0 Å². The number of fused-ring (bicyclic) bond motifs is 1. The molecule has 2 aliphatic heterocycles.